The van der Waals surface area contributed by atoms with Gasteiger partial charge in [-0.1, -0.05) is 30.3 Å². The van der Waals surface area contributed by atoms with E-state index in [2.05, 4.69) is 11.9 Å². The largest absolute Gasteiger partial charge is 0.336 e. The van der Waals surface area contributed by atoms with Gasteiger partial charge in [-0.3, -0.25) is 9.59 Å². The second-order valence-electron chi connectivity index (χ2n) is 7.69. The Kier molecular flexibility index (Phi) is 6.47. The van der Waals surface area contributed by atoms with Crippen LogP contribution < -0.4 is 0 Å². The summed E-state index contributed by atoms with van der Waals surface area (Å²) in [6, 6.07) is 17.2. The molecule has 1 aliphatic rings. The van der Waals surface area contributed by atoms with Crippen molar-refractivity contribution in [2.45, 2.75) is 26.4 Å². The van der Waals surface area contributed by atoms with Crippen molar-refractivity contribution >= 4 is 11.8 Å². The van der Waals surface area contributed by atoms with E-state index in [9.17, 15) is 9.59 Å². The van der Waals surface area contributed by atoms with Crippen LogP contribution >= 0.6 is 0 Å². The molecule has 3 rings (SSSR count). The molecule has 0 N–H and O–H groups in total. The molecule has 0 radical (unpaired) electrons. The summed E-state index contributed by atoms with van der Waals surface area (Å²) in [4.78, 5) is 31.7. The fourth-order valence-corrected chi connectivity index (χ4v) is 3.38. The Morgan fingerprint density at radius 3 is 2.04 bits per heavy atom. The van der Waals surface area contributed by atoms with Gasteiger partial charge in [0.1, 0.15) is 0 Å². The van der Waals surface area contributed by atoms with Crippen molar-refractivity contribution < 1.29 is 9.59 Å². The lowest BCUT2D eigenvalue weighted by molar-refractivity contribution is 0.0659. The zero-order valence-electron chi connectivity index (χ0n) is 17.0. The van der Waals surface area contributed by atoms with E-state index in [0.29, 0.717) is 17.7 Å². The fourth-order valence-electron chi connectivity index (χ4n) is 3.38. The number of hydrogen-bond acceptors (Lipinski definition) is 3. The number of piperazine rings is 1. The highest BCUT2D eigenvalue weighted by atomic mass is 16.2. The van der Waals surface area contributed by atoms with Crippen LogP contribution in [0.1, 0.15) is 40.1 Å². The Balaban J connectivity index is 1.70. The van der Waals surface area contributed by atoms with Crippen LogP contribution in [0.2, 0.25) is 0 Å². The van der Waals surface area contributed by atoms with Crippen LogP contribution in [-0.4, -0.2) is 65.8 Å². The standard InChI is InChI=1S/C23H29N3O2/c1-18(2)26(17-19-7-5-4-6-8-19)23(28)21-11-9-20(10-12-21)22(27)25-15-13-24(3)14-16-25/h4-12,18H,13-17H2,1-3H3. The molecule has 1 heterocycles. The van der Waals surface area contributed by atoms with Gasteiger partial charge in [-0.15, -0.1) is 0 Å². The van der Waals surface area contributed by atoms with Gasteiger partial charge in [-0.25, -0.2) is 0 Å². The van der Waals surface area contributed by atoms with Gasteiger partial charge < -0.3 is 14.7 Å². The molecule has 5 heteroatoms. The highest BCUT2D eigenvalue weighted by Gasteiger charge is 2.22. The van der Waals surface area contributed by atoms with E-state index >= 15 is 0 Å². The molecule has 1 fully saturated rings. The van der Waals surface area contributed by atoms with E-state index in [1.807, 2.05) is 54.0 Å². The number of carbonyl (C=O) groups is 2. The highest BCUT2D eigenvalue weighted by Crippen LogP contribution is 2.15. The predicted molar refractivity (Wildman–Crippen MR) is 111 cm³/mol. The molecule has 1 saturated heterocycles. The van der Waals surface area contributed by atoms with E-state index < -0.39 is 0 Å². The van der Waals surface area contributed by atoms with E-state index in [4.69, 9.17) is 0 Å². The minimum absolute atomic E-state index is 0.0163. The van der Waals surface area contributed by atoms with Crippen LogP contribution in [0.25, 0.3) is 0 Å². The zero-order valence-corrected chi connectivity index (χ0v) is 17.0. The van der Waals surface area contributed by atoms with Gasteiger partial charge in [0.15, 0.2) is 0 Å². The summed E-state index contributed by atoms with van der Waals surface area (Å²) in [5, 5.41) is 0. The maximum Gasteiger partial charge on any atom is 0.254 e. The van der Waals surface area contributed by atoms with Crippen molar-refractivity contribution in [3.63, 3.8) is 0 Å². The minimum Gasteiger partial charge on any atom is -0.336 e. The summed E-state index contributed by atoms with van der Waals surface area (Å²) in [7, 11) is 2.07. The molecular formula is C23H29N3O2. The molecule has 2 aromatic carbocycles. The van der Waals surface area contributed by atoms with E-state index in [1.165, 1.54) is 0 Å². The number of carbonyl (C=O) groups excluding carboxylic acids is 2. The Labute approximate surface area is 167 Å². The van der Waals surface area contributed by atoms with Crippen LogP contribution in [0.5, 0.6) is 0 Å². The molecule has 2 amide bonds. The molecule has 0 aliphatic carbocycles. The molecule has 28 heavy (non-hydrogen) atoms. The van der Waals surface area contributed by atoms with Gasteiger partial charge in [0.25, 0.3) is 11.8 Å². The molecule has 0 saturated carbocycles. The second kappa shape index (κ2) is 9.02. The number of amides is 2. The molecule has 0 aromatic heterocycles. The molecule has 148 valence electrons. The average Bonchev–Trinajstić information content (AvgIpc) is 2.72. The van der Waals surface area contributed by atoms with Gasteiger partial charge in [0, 0.05) is 49.9 Å². The third kappa shape index (κ3) is 4.78. The molecule has 2 aromatic rings. The Bertz CT molecular complexity index is 794. The predicted octanol–water partition coefficient (Wildman–Crippen LogP) is 3.13. The van der Waals surface area contributed by atoms with Gasteiger partial charge in [0.2, 0.25) is 0 Å². The summed E-state index contributed by atoms with van der Waals surface area (Å²) in [5.41, 5.74) is 2.35. The lowest BCUT2D eigenvalue weighted by Crippen LogP contribution is -2.47. The Hall–Kier alpha value is -2.66. The van der Waals surface area contributed by atoms with Gasteiger partial charge in [0.05, 0.1) is 0 Å². The summed E-state index contributed by atoms with van der Waals surface area (Å²) in [6.07, 6.45) is 0. The topological polar surface area (TPSA) is 43.9 Å². The van der Waals surface area contributed by atoms with Gasteiger partial charge >= 0.3 is 0 Å². The van der Waals surface area contributed by atoms with Crippen LogP contribution in [-0.2, 0) is 6.54 Å². The Morgan fingerprint density at radius 2 is 1.46 bits per heavy atom. The minimum atomic E-state index is -0.0163. The summed E-state index contributed by atoms with van der Waals surface area (Å²) in [6.45, 7) is 7.89. The van der Waals surface area contributed by atoms with E-state index in [-0.39, 0.29) is 17.9 Å². The van der Waals surface area contributed by atoms with Crippen LogP contribution in [0.15, 0.2) is 54.6 Å². The first kappa shape index (κ1) is 20.1. The Morgan fingerprint density at radius 1 is 0.893 bits per heavy atom. The summed E-state index contributed by atoms with van der Waals surface area (Å²) >= 11 is 0. The number of nitrogens with zero attached hydrogens (tertiary/aromatic N) is 3. The monoisotopic (exact) mass is 379 g/mol. The first-order valence-electron chi connectivity index (χ1n) is 9.88. The SMILES string of the molecule is CC(C)N(Cc1ccccc1)C(=O)c1ccc(C(=O)N2CCN(C)CC2)cc1. The van der Waals surface area contributed by atoms with Crippen molar-refractivity contribution in [1.29, 1.82) is 0 Å². The van der Waals surface area contributed by atoms with Crippen molar-refractivity contribution in [3.8, 4) is 0 Å². The van der Waals surface area contributed by atoms with Crippen molar-refractivity contribution in [1.82, 2.24) is 14.7 Å². The lowest BCUT2D eigenvalue weighted by Gasteiger charge is -2.32. The lowest BCUT2D eigenvalue weighted by atomic mass is 10.1. The van der Waals surface area contributed by atoms with E-state index in [1.54, 1.807) is 24.3 Å². The van der Waals surface area contributed by atoms with Gasteiger partial charge in [-0.2, -0.15) is 0 Å². The van der Waals surface area contributed by atoms with E-state index in [0.717, 1.165) is 31.7 Å². The quantitative estimate of drug-likeness (QED) is 0.802. The second-order valence-corrected chi connectivity index (χ2v) is 7.69. The smallest absolute Gasteiger partial charge is 0.254 e. The van der Waals surface area contributed by atoms with Gasteiger partial charge in [-0.05, 0) is 50.7 Å². The third-order valence-electron chi connectivity index (χ3n) is 5.25. The molecule has 5 nitrogen and oxygen atoms in total. The number of likely N-dealkylation sites (N-methyl/N-ethyl adjacent to an activating group) is 1. The highest BCUT2D eigenvalue weighted by molar-refractivity contribution is 5.98. The zero-order chi connectivity index (χ0) is 20.1. The number of rotatable bonds is 5. The first-order valence-corrected chi connectivity index (χ1v) is 9.88. The number of benzene rings is 2. The first-order chi connectivity index (χ1) is 13.5. The maximum absolute atomic E-state index is 13.0. The van der Waals surface area contributed by atoms with Crippen molar-refractivity contribution in [3.05, 3.63) is 71.3 Å². The van der Waals surface area contributed by atoms with Crippen molar-refractivity contribution in [2.24, 2.45) is 0 Å². The fraction of sp³-hybridized carbons (Fsp3) is 0.391. The maximum atomic E-state index is 13.0. The molecule has 0 unspecified atom stereocenters. The number of hydrogen-bond donors (Lipinski definition) is 0. The van der Waals surface area contributed by atoms with Crippen LogP contribution in [0.3, 0.4) is 0 Å². The summed E-state index contributed by atoms with van der Waals surface area (Å²) < 4.78 is 0. The average molecular weight is 380 g/mol. The molecule has 0 spiro atoms. The molecule has 0 bridgehead atoms. The summed E-state index contributed by atoms with van der Waals surface area (Å²) in [5.74, 6) is 0.0227. The van der Waals surface area contributed by atoms with Crippen molar-refractivity contribution in [2.75, 3.05) is 33.2 Å². The molecule has 1 aliphatic heterocycles. The molecule has 0 atom stereocenters. The van der Waals surface area contributed by atoms with Crippen LogP contribution in [0, 0.1) is 0 Å². The normalized spacial score (nSPS) is 14.9. The third-order valence-corrected chi connectivity index (χ3v) is 5.25. The molecular weight excluding hydrogens is 350 g/mol. The van der Waals surface area contributed by atoms with Crippen LogP contribution in [0.4, 0.5) is 0 Å².